The predicted molar refractivity (Wildman–Crippen MR) is 105 cm³/mol. The first-order chi connectivity index (χ1) is 12.5. The minimum Gasteiger partial charge on any atom is -0.332 e. The number of halogens is 1. The summed E-state index contributed by atoms with van der Waals surface area (Å²) in [5.74, 6) is 0.552. The summed E-state index contributed by atoms with van der Waals surface area (Å²) in [6.07, 6.45) is 3.68. The van der Waals surface area contributed by atoms with Gasteiger partial charge in [-0.3, -0.25) is 9.37 Å². The van der Waals surface area contributed by atoms with Crippen molar-refractivity contribution in [3.8, 4) is 10.8 Å². The molecule has 0 N–H and O–H groups in total. The van der Waals surface area contributed by atoms with Gasteiger partial charge in [-0.25, -0.2) is 4.98 Å². The van der Waals surface area contributed by atoms with Crippen molar-refractivity contribution in [2.75, 3.05) is 0 Å². The summed E-state index contributed by atoms with van der Waals surface area (Å²) in [6.45, 7) is 4.17. The Hall–Kier alpha value is -2.14. The van der Waals surface area contributed by atoms with E-state index >= 15 is 0 Å². The van der Waals surface area contributed by atoms with Crippen molar-refractivity contribution in [3.63, 3.8) is 0 Å². The standard InChI is InChI=1S/C21H15FN3S.Ir/c1-11-8-12(2)17-16(9-11)15-10-13(22)4-5-14(15)18-19(17)26-21(24-18)20-23-6-7-25(20)3;/h4,6-10H,1-3H3;/q-1;. The fourth-order valence-corrected chi connectivity index (χ4v) is 4.92. The number of nitrogens with zero attached hydrogens (tertiary/aromatic N) is 3. The van der Waals surface area contributed by atoms with Gasteiger partial charge in [0.2, 0.25) is 0 Å². The summed E-state index contributed by atoms with van der Waals surface area (Å²) in [5.41, 5.74) is 3.20. The van der Waals surface area contributed by atoms with Gasteiger partial charge in [0.25, 0.3) is 0 Å². The third-order valence-corrected chi connectivity index (χ3v) is 5.85. The second-order valence-electron chi connectivity index (χ2n) is 6.67. The van der Waals surface area contributed by atoms with Gasteiger partial charge in [-0.1, -0.05) is 28.5 Å². The summed E-state index contributed by atoms with van der Waals surface area (Å²) < 4.78 is 17.0. The number of thiazole rings is 1. The third kappa shape index (κ3) is 2.71. The molecule has 0 spiro atoms. The Morgan fingerprint density at radius 3 is 2.70 bits per heavy atom. The van der Waals surface area contributed by atoms with E-state index in [1.165, 1.54) is 11.6 Å². The van der Waals surface area contributed by atoms with Gasteiger partial charge in [0, 0.05) is 55.6 Å². The van der Waals surface area contributed by atoms with E-state index in [1.807, 2.05) is 17.8 Å². The van der Waals surface area contributed by atoms with E-state index in [1.54, 1.807) is 23.6 Å². The number of hydrogen-bond donors (Lipinski definition) is 0. The molecular formula is C21H15FIrN3S-. The molecule has 2 aromatic heterocycles. The molecule has 0 unspecified atom stereocenters. The van der Waals surface area contributed by atoms with E-state index < -0.39 is 0 Å². The number of rotatable bonds is 1. The van der Waals surface area contributed by atoms with Gasteiger partial charge in [0.15, 0.2) is 5.82 Å². The van der Waals surface area contributed by atoms with E-state index in [4.69, 9.17) is 4.98 Å². The maximum atomic E-state index is 14.0. The van der Waals surface area contributed by atoms with E-state index in [0.29, 0.717) is 0 Å². The van der Waals surface area contributed by atoms with Crippen LogP contribution in [0.2, 0.25) is 0 Å². The van der Waals surface area contributed by atoms with Crippen molar-refractivity contribution >= 4 is 43.1 Å². The first-order valence-corrected chi connectivity index (χ1v) is 9.16. The number of fused-ring (bicyclic) bond motifs is 6. The zero-order valence-corrected chi connectivity index (χ0v) is 18.1. The second-order valence-corrected chi connectivity index (χ2v) is 7.67. The van der Waals surface area contributed by atoms with Crippen LogP contribution in [-0.4, -0.2) is 14.5 Å². The predicted octanol–water partition coefficient (Wildman–Crippen LogP) is 5.56. The maximum Gasteiger partial charge on any atom is 0.168 e. The zero-order chi connectivity index (χ0) is 18.0. The molecule has 0 aliphatic heterocycles. The topological polar surface area (TPSA) is 30.7 Å². The van der Waals surface area contributed by atoms with Crippen LogP contribution in [0.25, 0.3) is 42.6 Å². The first kappa shape index (κ1) is 18.2. The Bertz CT molecular complexity index is 1340. The van der Waals surface area contributed by atoms with Crippen molar-refractivity contribution in [1.29, 1.82) is 0 Å². The number of hydrogen-bond acceptors (Lipinski definition) is 3. The molecule has 0 saturated heterocycles. The fraction of sp³-hybridized carbons (Fsp3) is 0.143. The quantitative estimate of drug-likeness (QED) is 0.202. The Labute approximate surface area is 173 Å². The molecule has 137 valence electrons. The van der Waals surface area contributed by atoms with E-state index in [2.05, 4.69) is 37.0 Å². The van der Waals surface area contributed by atoms with Crippen LogP contribution in [0.1, 0.15) is 11.1 Å². The number of benzene rings is 3. The molecule has 2 heterocycles. The molecule has 0 atom stereocenters. The van der Waals surface area contributed by atoms with Crippen LogP contribution in [0.3, 0.4) is 0 Å². The molecule has 0 aliphatic rings. The zero-order valence-electron chi connectivity index (χ0n) is 14.9. The Morgan fingerprint density at radius 1 is 1.15 bits per heavy atom. The average Bonchev–Trinajstić information content (AvgIpc) is 3.20. The van der Waals surface area contributed by atoms with Crippen molar-refractivity contribution in [3.05, 3.63) is 59.7 Å². The Morgan fingerprint density at radius 2 is 1.96 bits per heavy atom. The van der Waals surface area contributed by atoms with Crippen LogP contribution < -0.4 is 0 Å². The van der Waals surface area contributed by atoms with Gasteiger partial charge in [0.05, 0.1) is 0 Å². The monoisotopic (exact) mass is 553 g/mol. The molecule has 0 saturated carbocycles. The Balaban J connectivity index is 0.00000180. The number of aromatic nitrogens is 3. The van der Waals surface area contributed by atoms with Crippen LogP contribution in [0.5, 0.6) is 0 Å². The first-order valence-electron chi connectivity index (χ1n) is 8.35. The van der Waals surface area contributed by atoms with E-state index in [0.717, 1.165) is 48.2 Å². The molecular weight excluding hydrogens is 538 g/mol. The van der Waals surface area contributed by atoms with Crippen molar-refractivity contribution < 1.29 is 24.5 Å². The normalized spacial score (nSPS) is 11.4. The van der Waals surface area contributed by atoms with Crippen LogP contribution in [-0.2, 0) is 27.2 Å². The number of aryl methyl sites for hydroxylation is 3. The van der Waals surface area contributed by atoms with E-state index in [9.17, 15) is 4.39 Å². The van der Waals surface area contributed by atoms with Gasteiger partial charge in [0.1, 0.15) is 5.01 Å². The minimum atomic E-state index is -0.281. The molecule has 0 amide bonds. The van der Waals surface area contributed by atoms with Gasteiger partial charge < -0.3 is 4.57 Å². The van der Waals surface area contributed by atoms with Crippen LogP contribution >= 0.6 is 11.3 Å². The molecule has 3 nitrogen and oxygen atoms in total. The summed E-state index contributed by atoms with van der Waals surface area (Å²) in [6, 6.07) is 10.4. The van der Waals surface area contributed by atoms with Gasteiger partial charge >= 0.3 is 0 Å². The van der Waals surface area contributed by atoms with Crippen molar-refractivity contribution in [1.82, 2.24) is 14.5 Å². The molecule has 0 bridgehead atoms. The molecule has 0 aliphatic carbocycles. The maximum absolute atomic E-state index is 14.0. The molecule has 27 heavy (non-hydrogen) atoms. The van der Waals surface area contributed by atoms with Gasteiger partial charge in [-0.15, -0.1) is 34.9 Å². The summed E-state index contributed by atoms with van der Waals surface area (Å²) in [5, 5.41) is 4.76. The minimum absolute atomic E-state index is 0. The molecule has 0 fully saturated rings. The molecule has 1 radical (unpaired) electrons. The van der Waals surface area contributed by atoms with Crippen molar-refractivity contribution in [2.45, 2.75) is 13.8 Å². The largest absolute Gasteiger partial charge is 0.332 e. The second kappa shape index (κ2) is 6.48. The molecule has 3 aromatic carbocycles. The third-order valence-electron chi connectivity index (χ3n) is 4.78. The molecule has 5 aromatic rings. The number of imidazole rings is 1. The van der Waals surface area contributed by atoms with Crippen LogP contribution in [0.15, 0.2) is 36.7 Å². The Kier molecular flexibility index (Phi) is 4.38. The summed E-state index contributed by atoms with van der Waals surface area (Å²) in [4.78, 5) is 9.30. The van der Waals surface area contributed by atoms with Gasteiger partial charge in [-0.05, 0) is 24.8 Å². The van der Waals surface area contributed by atoms with Crippen LogP contribution in [0.4, 0.5) is 4.39 Å². The summed E-state index contributed by atoms with van der Waals surface area (Å²) in [7, 11) is 1.96. The van der Waals surface area contributed by atoms with Crippen LogP contribution in [0, 0.1) is 25.7 Å². The smallest absolute Gasteiger partial charge is 0.168 e. The average molecular weight is 553 g/mol. The fourth-order valence-electron chi connectivity index (χ4n) is 3.69. The molecule has 5 rings (SSSR count). The van der Waals surface area contributed by atoms with E-state index in [-0.39, 0.29) is 25.9 Å². The molecule has 6 heteroatoms. The summed E-state index contributed by atoms with van der Waals surface area (Å²) >= 11 is 1.63. The van der Waals surface area contributed by atoms with Gasteiger partial charge in [-0.2, -0.15) is 0 Å². The SMILES string of the molecule is Cc1cc(C)c2c(c1)c1cc(F)c[c-]c1c1nc(-c3nccn3C)sc12.[Ir]. The van der Waals surface area contributed by atoms with Crippen molar-refractivity contribution in [2.24, 2.45) is 7.05 Å².